The number of hydrogen-bond donors (Lipinski definition) is 0. The molecule has 123 valence electrons. The zero-order chi connectivity index (χ0) is 17.2. The van der Waals surface area contributed by atoms with Crippen molar-refractivity contribution in [2.75, 3.05) is 0 Å². The molecule has 0 heterocycles. The minimum absolute atomic E-state index is 1.14. The van der Waals surface area contributed by atoms with Gasteiger partial charge >= 0.3 is 0 Å². The molecular formula is C25H23. The lowest BCUT2D eigenvalue weighted by Crippen LogP contribution is -1.93. The molecule has 0 unspecified atom stereocenters. The van der Waals surface area contributed by atoms with Crippen LogP contribution in [-0.4, -0.2) is 0 Å². The average molecular weight is 323 g/mol. The predicted molar refractivity (Wildman–Crippen MR) is 108 cm³/mol. The normalized spacial score (nSPS) is 12.8. The second kappa shape index (κ2) is 6.72. The van der Waals surface area contributed by atoms with E-state index in [0.29, 0.717) is 0 Å². The lowest BCUT2D eigenvalue weighted by Gasteiger charge is -2.17. The van der Waals surface area contributed by atoms with E-state index in [2.05, 4.69) is 93.1 Å². The molecule has 4 rings (SSSR count). The van der Waals surface area contributed by atoms with Crippen LogP contribution < -0.4 is 0 Å². The molecule has 1 aliphatic carbocycles. The van der Waals surface area contributed by atoms with E-state index in [0.717, 1.165) is 6.42 Å². The van der Waals surface area contributed by atoms with Gasteiger partial charge in [-0.1, -0.05) is 91.7 Å². The van der Waals surface area contributed by atoms with Gasteiger partial charge in [0.05, 0.1) is 0 Å². The van der Waals surface area contributed by atoms with Crippen LogP contribution in [0.4, 0.5) is 0 Å². The van der Waals surface area contributed by atoms with Crippen LogP contribution in [0.3, 0.4) is 0 Å². The minimum atomic E-state index is 1.14. The van der Waals surface area contributed by atoms with Crippen LogP contribution in [0.25, 0.3) is 28.3 Å². The first kappa shape index (κ1) is 15.9. The highest BCUT2D eigenvalue weighted by atomic mass is 14.2. The summed E-state index contributed by atoms with van der Waals surface area (Å²) in [7, 11) is 0. The van der Waals surface area contributed by atoms with Gasteiger partial charge in [0.25, 0.3) is 0 Å². The monoisotopic (exact) mass is 323 g/mol. The molecule has 1 radical (unpaired) electrons. The van der Waals surface area contributed by atoms with Gasteiger partial charge in [0.2, 0.25) is 0 Å². The Morgan fingerprint density at radius 3 is 2.28 bits per heavy atom. The van der Waals surface area contributed by atoms with Crippen molar-refractivity contribution in [1.29, 1.82) is 0 Å². The Bertz CT molecular complexity index is 930. The first-order chi connectivity index (χ1) is 12.3. The summed E-state index contributed by atoms with van der Waals surface area (Å²) in [5.41, 5.74) is 10.8. The molecule has 0 atom stereocenters. The zero-order valence-corrected chi connectivity index (χ0v) is 14.9. The number of fused-ring (bicyclic) bond motifs is 1. The van der Waals surface area contributed by atoms with Crippen molar-refractivity contribution in [2.24, 2.45) is 0 Å². The van der Waals surface area contributed by atoms with E-state index in [4.69, 9.17) is 0 Å². The molecule has 0 N–H and O–H groups in total. The highest BCUT2D eigenvalue weighted by Gasteiger charge is 2.21. The second-order valence-electron chi connectivity index (χ2n) is 6.79. The fraction of sp³-hybridized carbons (Fsp3) is 0.160. The van der Waals surface area contributed by atoms with E-state index >= 15 is 0 Å². The van der Waals surface area contributed by atoms with E-state index < -0.39 is 0 Å². The third-order valence-electron chi connectivity index (χ3n) is 4.99. The molecule has 0 fully saturated rings. The molecule has 0 aliphatic heterocycles. The number of allylic oxidation sites excluding steroid dienone is 1. The number of aryl methyl sites for hydroxylation is 1. The maximum absolute atomic E-state index is 2.40. The third-order valence-corrected chi connectivity index (χ3v) is 4.99. The van der Waals surface area contributed by atoms with Gasteiger partial charge in [-0.2, -0.15) is 0 Å². The molecular weight excluding hydrogens is 300 g/mol. The summed E-state index contributed by atoms with van der Waals surface area (Å²) in [5.74, 6) is 0. The van der Waals surface area contributed by atoms with Crippen molar-refractivity contribution >= 4 is 6.08 Å². The van der Waals surface area contributed by atoms with Gasteiger partial charge in [0.15, 0.2) is 0 Å². The van der Waals surface area contributed by atoms with Crippen LogP contribution in [0.2, 0.25) is 0 Å². The van der Waals surface area contributed by atoms with Crippen molar-refractivity contribution in [3.63, 3.8) is 0 Å². The SMILES string of the molecule is CCCC1=Cc2c(ccc(-c3ccccc3)c2-c2ccccc2C)[CH]1. The van der Waals surface area contributed by atoms with Crippen LogP contribution in [0.5, 0.6) is 0 Å². The Kier molecular flexibility index (Phi) is 4.28. The Morgan fingerprint density at radius 2 is 1.52 bits per heavy atom. The van der Waals surface area contributed by atoms with Crippen molar-refractivity contribution in [1.82, 2.24) is 0 Å². The van der Waals surface area contributed by atoms with Crippen LogP contribution in [0.15, 0.2) is 72.3 Å². The fourth-order valence-electron chi connectivity index (χ4n) is 3.78. The summed E-state index contributed by atoms with van der Waals surface area (Å²) in [6.45, 7) is 4.45. The molecule has 3 aromatic rings. The largest absolute Gasteiger partial charge is 0.0651 e. The van der Waals surface area contributed by atoms with Gasteiger partial charge in [0.1, 0.15) is 0 Å². The van der Waals surface area contributed by atoms with Gasteiger partial charge in [-0.15, -0.1) is 0 Å². The van der Waals surface area contributed by atoms with E-state index in [-0.39, 0.29) is 0 Å². The van der Waals surface area contributed by atoms with Crippen molar-refractivity contribution in [2.45, 2.75) is 26.7 Å². The quantitative estimate of drug-likeness (QED) is 0.481. The molecule has 0 amide bonds. The second-order valence-corrected chi connectivity index (χ2v) is 6.79. The zero-order valence-electron chi connectivity index (χ0n) is 14.9. The molecule has 25 heavy (non-hydrogen) atoms. The Labute approximate surface area is 150 Å². The van der Waals surface area contributed by atoms with Gasteiger partial charge in [0, 0.05) is 6.42 Å². The van der Waals surface area contributed by atoms with E-state index in [1.54, 1.807) is 0 Å². The number of rotatable bonds is 4. The van der Waals surface area contributed by atoms with Gasteiger partial charge in [-0.05, 0) is 52.3 Å². The predicted octanol–water partition coefficient (Wildman–Crippen LogP) is 7.08. The highest BCUT2D eigenvalue weighted by Crippen LogP contribution is 2.43. The smallest absolute Gasteiger partial charge is 0.0164 e. The number of benzene rings is 3. The number of hydrogen-bond acceptors (Lipinski definition) is 0. The maximum atomic E-state index is 2.40. The standard InChI is InChI=1S/C25H23/c1-3-9-19-16-21-14-15-23(20-11-5-4-6-12-20)25(24(21)17-19)22-13-8-7-10-18(22)2/h4-8,10-17H,3,9H2,1-2H3. The third kappa shape index (κ3) is 2.93. The Morgan fingerprint density at radius 1 is 0.760 bits per heavy atom. The lowest BCUT2D eigenvalue weighted by molar-refractivity contribution is 0.924. The molecule has 1 aliphatic rings. The summed E-state index contributed by atoms with van der Waals surface area (Å²) in [4.78, 5) is 0. The molecule has 0 nitrogen and oxygen atoms in total. The summed E-state index contributed by atoms with van der Waals surface area (Å²) in [5, 5.41) is 0. The van der Waals surface area contributed by atoms with Crippen LogP contribution in [-0.2, 0) is 0 Å². The lowest BCUT2D eigenvalue weighted by atomic mass is 9.87. The average Bonchev–Trinajstić information content (AvgIpc) is 3.05. The summed E-state index contributed by atoms with van der Waals surface area (Å²) in [6.07, 6.45) is 7.08. The van der Waals surface area contributed by atoms with Crippen LogP contribution >= 0.6 is 0 Å². The molecule has 3 aromatic carbocycles. The van der Waals surface area contributed by atoms with Crippen LogP contribution in [0, 0.1) is 13.3 Å². The summed E-state index contributed by atoms with van der Waals surface area (Å²) < 4.78 is 0. The van der Waals surface area contributed by atoms with Gasteiger partial charge in [-0.3, -0.25) is 0 Å². The molecule has 0 bridgehead atoms. The molecule has 0 aromatic heterocycles. The summed E-state index contributed by atoms with van der Waals surface area (Å²) >= 11 is 0. The molecule has 0 saturated heterocycles. The van der Waals surface area contributed by atoms with Crippen LogP contribution in [0.1, 0.15) is 36.5 Å². The maximum Gasteiger partial charge on any atom is 0.0164 e. The molecule has 0 spiro atoms. The first-order valence-corrected chi connectivity index (χ1v) is 9.11. The Balaban J connectivity index is 1.99. The van der Waals surface area contributed by atoms with E-state index in [1.807, 2.05) is 0 Å². The van der Waals surface area contributed by atoms with Crippen molar-refractivity contribution in [3.8, 4) is 22.3 Å². The topological polar surface area (TPSA) is 0 Å². The van der Waals surface area contributed by atoms with Gasteiger partial charge in [-0.25, -0.2) is 0 Å². The minimum Gasteiger partial charge on any atom is -0.0651 e. The Hall–Kier alpha value is -2.60. The van der Waals surface area contributed by atoms with E-state index in [9.17, 15) is 0 Å². The first-order valence-electron chi connectivity index (χ1n) is 9.11. The van der Waals surface area contributed by atoms with Crippen molar-refractivity contribution in [3.05, 3.63) is 95.4 Å². The van der Waals surface area contributed by atoms with Crippen molar-refractivity contribution < 1.29 is 0 Å². The highest BCUT2D eigenvalue weighted by molar-refractivity contribution is 5.94. The molecule has 0 heteroatoms. The molecule has 0 saturated carbocycles. The van der Waals surface area contributed by atoms with Gasteiger partial charge < -0.3 is 0 Å². The fourth-order valence-corrected chi connectivity index (χ4v) is 3.78. The van der Waals surface area contributed by atoms with E-state index in [1.165, 1.54) is 50.9 Å². The summed E-state index contributed by atoms with van der Waals surface area (Å²) in [6, 6.07) is 24.0.